The first kappa shape index (κ1) is 13.9. The third-order valence-electron chi connectivity index (χ3n) is 4.60. The molecule has 3 atom stereocenters. The predicted molar refractivity (Wildman–Crippen MR) is 78.0 cm³/mol. The highest BCUT2D eigenvalue weighted by Gasteiger charge is 2.41. The first-order chi connectivity index (χ1) is 10.7. The van der Waals surface area contributed by atoms with Crippen molar-refractivity contribution in [1.82, 2.24) is 25.2 Å². The normalized spacial score (nSPS) is 28.9. The molecular weight excluding hydrogens is 282 g/mol. The van der Waals surface area contributed by atoms with Crippen molar-refractivity contribution in [3.05, 3.63) is 29.2 Å². The van der Waals surface area contributed by atoms with Gasteiger partial charge < -0.3 is 9.26 Å². The Morgan fingerprint density at radius 2 is 2.32 bits per heavy atom. The second-order valence-corrected chi connectivity index (χ2v) is 6.39. The summed E-state index contributed by atoms with van der Waals surface area (Å²) < 4.78 is 11.3. The van der Waals surface area contributed by atoms with Crippen molar-refractivity contribution in [3.8, 4) is 0 Å². The lowest BCUT2D eigenvalue weighted by molar-refractivity contribution is -0.0123. The van der Waals surface area contributed by atoms with E-state index in [1.807, 2.05) is 19.9 Å². The molecule has 2 fully saturated rings. The molecule has 0 amide bonds. The minimum atomic E-state index is 0.0363. The van der Waals surface area contributed by atoms with Crippen LogP contribution in [0, 0.1) is 19.8 Å². The smallest absolute Gasteiger partial charge is 0.179 e. The van der Waals surface area contributed by atoms with Crippen molar-refractivity contribution < 1.29 is 9.26 Å². The molecule has 4 rings (SSSR count). The topological polar surface area (TPSA) is 80.1 Å². The molecule has 0 saturated carbocycles. The van der Waals surface area contributed by atoms with Crippen LogP contribution in [0.2, 0.25) is 0 Å². The molecule has 0 aromatic carbocycles. The molecule has 118 valence electrons. The second kappa shape index (κ2) is 5.48. The molecule has 1 N–H and O–H groups in total. The van der Waals surface area contributed by atoms with E-state index in [1.165, 1.54) is 0 Å². The van der Waals surface area contributed by atoms with Gasteiger partial charge in [-0.05, 0) is 39.2 Å². The third kappa shape index (κ3) is 2.66. The fraction of sp³-hybridized carbons (Fsp3) is 0.667. The van der Waals surface area contributed by atoms with E-state index in [1.54, 1.807) is 0 Å². The average Bonchev–Trinajstić information content (AvgIpc) is 3.18. The Balaban J connectivity index is 1.39. The van der Waals surface area contributed by atoms with Crippen LogP contribution >= 0.6 is 0 Å². The number of hydrogen-bond acceptors (Lipinski definition) is 6. The summed E-state index contributed by atoms with van der Waals surface area (Å²) >= 11 is 0. The maximum Gasteiger partial charge on any atom is 0.179 e. The zero-order valence-electron chi connectivity index (χ0n) is 13.0. The van der Waals surface area contributed by atoms with Crippen LogP contribution in [-0.4, -0.2) is 44.4 Å². The Labute approximate surface area is 129 Å². The first-order valence-corrected chi connectivity index (χ1v) is 7.86. The Morgan fingerprint density at radius 3 is 3.05 bits per heavy atom. The summed E-state index contributed by atoms with van der Waals surface area (Å²) in [5.41, 5.74) is 0.995. The minimum Gasteiger partial charge on any atom is -0.365 e. The van der Waals surface area contributed by atoms with Crippen LogP contribution in [0.4, 0.5) is 0 Å². The van der Waals surface area contributed by atoms with E-state index in [0.717, 1.165) is 55.6 Å². The molecule has 0 aliphatic carbocycles. The van der Waals surface area contributed by atoms with Crippen LogP contribution in [0.25, 0.3) is 0 Å². The molecule has 2 saturated heterocycles. The van der Waals surface area contributed by atoms with Crippen molar-refractivity contribution in [1.29, 1.82) is 0 Å². The lowest BCUT2D eigenvalue weighted by atomic mass is 9.91. The number of rotatable bonds is 3. The van der Waals surface area contributed by atoms with E-state index >= 15 is 0 Å². The number of aryl methyl sites for hydroxylation is 2. The van der Waals surface area contributed by atoms with Crippen molar-refractivity contribution in [2.45, 2.75) is 45.4 Å². The fourth-order valence-electron chi connectivity index (χ4n) is 3.53. The molecule has 7 heteroatoms. The Morgan fingerprint density at radius 1 is 1.41 bits per heavy atom. The van der Waals surface area contributed by atoms with Gasteiger partial charge in [-0.2, -0.15) is 5.10 Å². The maximum atomic E-state index is 6.21. The molecule has 0 spiro atoms. The summed E-state index contributed by atoms with van der Waals surface area (Å²) in [6.07, 6.45) is 2.49. The lowest BCUT2D eigenvalue weighted by Crippen LogP contribution is -2.41. The Hall–Kier alpha value is -1.73. The molecule has 2 aromatic rings. The number of piperidine rings is 1. The van der Waals surface area contributed by atoms with Crippen LogP contribution in [0.5, 0.6) is 0 Å². The van der Waals surface area contributed by atoms with Crippen LogP contribution in [-0.2, 0) is 11.3 Å². The fourth-order valence-corrected chi connectivity index (χ4v) is 3.53. The molecule has 2 aliphatic rings. The zero-order chi connectivity index (χ0) is 15.1. The van der Waals surface area contributed by atoms with Gasteiger partial charge in [0, 0.05) is 19.2 Å². The number of ether oxygens (including phenoxy) is 1. The van der Waals surface area contributed by atoms with Crippen LogP contribution < -0.4 is 0 Å². The summed E-state index contributed by atoms with van der Waals surface area (Å²) in [5, 5.41) is 11.2. The van der Waals surface area contributed by atoms with Gasteiger partial charge in [0.15, 0.2) is 5.82 Å². The van der Waals surface area contributed by atoms with Gasteiger partial charge in [-0.1, -0.05) is 5.16 Å². The molecule has 22 heavy (non-hydrogen) atoms. The van der Waals surface area contributed by atoms with Crippen LogP contribution in [0.15, 0.2) is 10.6 Å². The van der Waals surface area contributed by atoms with Gasteiger partial charge in [-0.3, -0.25) is 10.00 Å². The van der Waals surface area contributed by atoms with Gasteiger partial charge in [0.2, 0.25) is 0 Å². The summed E-state index contributed by atoms with van der Waals surface area (Å²) in [6, 6.07) is 2.00. The number of aromatic amines is 1. The summed E-state index contributed by atoms with van der Waals surface area (Å²) in [5.74, 6) is 3.11. The number of hydrogen-bond donors (Lipinski definition) is 1. The molecule has 0 bridgehead atoms. The number of H-pyrrole nitrogens is 1. The zero-order valence-corrected chi connectivity index (χ0v) is 13.0. The number of nitrogens with one attached hydrogen (secondary N) is 1. The van der Waals surface area contributed by atoms with Crippen LogP contribution in [0.3, 0.4) is 0 Å². The molecule has 0 unspecified atom stereocenters. The largest absolute Gasteiger partial charge is 0.365 e. The third-order valence-corrected chi connectivity index (χ3v) is 4.60. The van der Waals surface area contributed by atoms with Gasteiger partial charge >= 0.3 is 0 Å². The summed E-state index contributed by atoms with van der Waals surface area (Å²) in [4.78, 5) is 6.81. The summed E-state index contributed by atoms with van der Waals surface area (Å²) in [6.45, 7) is 6.69. The molecular formula is C15H21N5O2. The standard InChI is InChI=1S/C15H21N5O2/c1-9-5-12(19-22-9)7-20-4-3-11-6-13(21-14(11)8-20)15-16-10(2)17-18-15/h5,11,13-14H,3-4,6-8H2,1-2H3,(H,16,17,18)/t11-,13+,14+/m0/s1. The first-order valence-electron chi connectivity index (χ1n) is 7.86. The van der Waals surface area contributed by atoms with Gasteiger partial charge in [0.25, 0.3) is 0 Å². The van der Waals surface area contributed by atoms with E-state index in [4.69, 9.17) is 9.26 Å². The molecule has 0 radical (unpaired) electrons. The van der Waals surface area contributed by atoms with E-state index in [9.17, 15) is 0 Å². The van der Waals surface area contributed by atoms with Gasteiger partial charge in [0.1, 0.15) is 17.7 Å². The predicted octanol–water partition coefficient (Wildman–Crippen LogP) is 1.76. The van der Waals surface area contributed by atoms with E-state index < -0.39 is 0 Å². The van der Waals surface area contributed by atoms with Gasteiger partial charge in [0.05, 0.1) is 11.8 Å². The number of aromatic nitrogens is 4. The van der Waals surface area contributed by atoms with E-state index in [0.29, 0.717) is 5.92 Å². The van der Waals surface area contributed by atoms with Gasteiger partial charge in [-0.25, -0.2) is 4.98 Å². The molecule has 2 aromatic heterocycles. The summed E-state index contributed by atoms with van der Waals surface area (Å²) in [7, 11) is 0. The lowest BCUT2D eigenvalue weighted by Gasteiger charge is -2.33. The molecule has 2 aliphatic heterocycles. The van der Waals surface area contributed by atoms with Crippen molar-refractivity contribution >= 4 is 0 Å². The minimum absolute atomic E-state index is 0.0363. The Bertz CT molecular complexity index is 652. The number of likely N-dealkylation sites (tertiary alicyclic amines) is 1. The highest BCUT2D eigenvalue weighted by atomic mass is 16.5. The van der Waals surface area contributed by atoms with Gasteiger partial charge in [-0.15, -0.1) is 0 Å². The van der Waals surface area contributed by atoms with Crippen molar-refractivity contribution in [2.24, 2.45) is 5.92 Å². The highest BCUT2D eigenvalue weighted by molar-refractivity contribution is 5.04. The number of fused-ring (bicyclic) bond motifs is 1. The quantitative estimate of drug-likeness (QED) is 0.930. The average molecular weight is 303 g/mol. The molecule has 4 heterocycles. The van der Waals surface area contributed by atoms with Crippen molar-refractivity contribution in [3.63, 3.8) is 0 Å². The molecule has 7 nitrogen and oxygen atoms in total. The maximum absolute atomic E-state index is 6.21. The van der Waals surface area contributed by atoms with E-state index in [2.05, 4.69) is 25.2 Å². The monoisotopic (exact) mass is 303 g/mol. The highest BCUT2D eigenvalue weighted by Crippen LogP contribution is 2.40. The van der Waals surface area contributed by atoms with Crippen molar-refractivity contribution in [2.75, 3.05) is 13.1 Å². The second-order valence-electron chi connectivity index (χ2n) is 6.39. The van der Waals surface area contributed by atoms with E-state index in [-0.39, 0.29) is 12.2 Å². The SMILES string of the molecule is Cc1nc([C@H]2C[C@@H]3CCN(Cc4cc(C)on4)C[C@H]3O2)n[nH]1. The number of nitrogens with zero attached hydrogens (tertiary/aromatic N) is 4. The Kier molecular flexibility index (Phi) is 3.46. The van der Waals surface area contributed by atoms with Crippen LogP contribution in [0.1, 0.15) is 42.0 Å².